The van der Waals surface area contributed by atoms with E-state index < -0.39 is 12.0 Å². The molecule has 2 rings (SSSR count). The van der Waals surface area contributed by atoms with Gasteiger partial charge >= 0.3 is 5.97 Å². The highest BCUT2D eigenvalue weighted by atomic mass is 32.2. The second-order valence-electron chi connectivity index (χ2n) is 3.86. The number of nitrogens with zero attached hydrogens (tertiary/aromatic N) is 3. The molecular formula is C11H12N4O3S. The number of aromatic nitrogens is 3. The first-order valence-corrected chi connectivity index (χ1v) is 6.63. The number of carbonyl (C=O) groups is 1. The van der Waals surface area contributed by atoms with Gasteiger partial charge in [-0.2, -0.15) is 0 Å². The molecular weight excluding hydrogens is 268 g/mol. The highest BCUT2D eigenvalue weighted by Gasteiger charge is 2.11. The molecule has 1 heterocycles. The Morgan fingerprint density at radius 1 is 1.47 bits per heavy atom. The smallest absolute Gasteiger partial charge is 0.321 e. The van der Waals surface area contributed by atoms with Gasteiger partial charge in [0, 0.05) is 5.75 Å². The Morgan fingerprint density at radius 3 is 2.95 bits per heavy atom. The normalized spacial score (nSPS) is 12.5. The number of hydrogen-bond donors (Lipinski definition) is 2. The fourth-order valence-electron chi connectivity index (χ4n) is 1.45. The summed E-state index contributed by atoms with van der Waals surface area (Å²) < 4.78 is 1.20. The molecule has 0 aliphatic heterocycles. The maximum absolute atomic E-state index is 12.0. The summed E-state index contributed by atoms with van der Waals surface area (Å²) in [5, 5.41) is 16.8. The maximum Gasteiger partial charge on any atom is 0.321 e. The molecule has 0 aliphatic carbocycles. The molecule has 100 valence electrons. The number of aliphatic carboxylic acids is 1. The topological polar surface area (TPSA) is 111 Å². The lowest BCUT2D eigenvalue weighted by Crippen LogP contribution is -2.33. The lowest BCUT2D eigenvalue weighted by molar-refractivity contribution is -0.137. The second-order valence-corrected chi connectivity index (χ2v) is 4.86. The molecule has 0 unspecified atom stereocenters. The Balaban J connectivity index is 2.11. The third-order valence-corrected chi connectivity index (χ3v) is 3.48. The number of thioether (sulfide) groups is 1. The van der Waals surface area contributed by atoms with E-state index in [4.69, 9.17) is 10.8 Å². The molecule has 0 amide bonds. The molecule has 1 atom stereocenters. The van der Waals surface area contributed by atoms with E-state index in [2.05, 4.69) is 10.3 Å². The van der Waals surface area contributed by atoms with Crippen LogP contribution in [0.5, 0.6) is 0 Å². The van der Waals surface area contributed by atoms with Gasteiger partial charge in [-0.25, -0.2) is 4.68 Å². The van der Waals surface area contributed by atoms with Gasteiger partial charge in [-0.15, -0.1) is 16.9 Å². The van der Waals surface area contributed by atoms with Crippen molar-refractivity contribution in [3.63, 3.8) is 0 Å². The van der Waals surface area contributed by atoms with Crippen molar-refractivity contribution in [1.29, 1.82) is 0 Å². The van der Waals surface area contributed by atoms with Crippen LogP contribution in [-0.2, 0) is 10.7 Å². The van der Waals surface area contributed by atoms with Crippen LogP contribution in [0.25, 0.3) is 10.9 Å². The zero-order valence-corrected chi connectivity index (χ0v) is 10.7. The van der Waals surface area contributed by atoms with Crippen LogP contribution in [0.2, 0.25) is 0 Å². The van der Waals surface area contributed by atoms with Gasteiger partial charge in [-0.1, -0.05) is 17.3 Å². The molecule has 0 bridgehead atoms. The number of nitrogens with two attached hydrogens (primary N) is 1. The molecule has 8 heteroatoms. The van der Waals surface area contributed by atoms with Gasteiger partial charge in [-0.05, 0) is 12.1 Å². The minimum absolute atomic E-state index is 0.205. The van der Waals surface area contributed by atoms with Gasteiger partial charge in [-0.3, -0.25) is 9.59 Å². The van der Waals surface area contributed by atoms with E-state index in [0.717, 1.165) is 0 Å². The van der Waals surface area contributed by atoms with E-state index in [1.807, 2.05) is 0 Å². The van der Waals surface area contributed by atoms with Crippen molar-refractivity contribution >= 4 is 28.6 Å². The molecule has 1 aromatic heterocycles. The van der Waals surface area contributed by atoms with Crippen LogP contribution < -0.4 is 11.3 Å². The van der Waals surface area contributed by atoms with Gasteiger partial charge in [0.05, 0.1) is 11.3 Å². The SMILES string of the molecule is N[C@H](CSCn1nnc2ccccc2c1=O)C(=O)O. The van der Waals surface area contributed by atoms with E-state index in [-0.39, 0.29) is 17.2 Å². The van der Waals surface area contributed by atoms with Crippen molar-refractivity contribution in [1.82, 2.24) is 15.0 Å². The Morgan fingerprint density at radius 2 is 2.21 bits per heavy atom. The predicted octanol–water partition coefficient (Wildman–Crippen LogP) is -0.106. The molecule has 7 nitrogen and oxygen atoms in total. The number of rotatable bonds is 5. The van der Waals surface area contributed by atoms with Gasteiger partial charge in [0.25, 0.3) is 5.56 Å². The van der Waals surface area contributed by atoms with E-state index >= 15 is 0 Å². The van der Waals surface area contributed by atoms with Crippen molar-refractivity contribution < 1.29 is 9.90 Å². The predicted molar refractivity (Wildman–Crippen MR) is 71.9 cm³/mol. The molecule has 0 saturated heterocycles. The van der Waals surface area contributed by atoms with Gasteiger partial charge in [0.1, 0.15) is 11.6 Å². The summed E-state index contributed by atoms with van der Waals surface area (Å²) in [7, 11) is 0. The van der Waals surface area contributed by atoms with Crippen LogP contribution in [0.15, 0.2) is 29.1 Å². The highest BCUT2D eigenvalue weighted by Crippen LogP contribution is 2.07. The zero-order valence-electron chi connectivity index (χ0n) is 9.89. The van der Waals surface area contributed by atoms with Gasteiger partial charge in [0.15, 0.2) is 0 Å². The number of benzene rings is 1. The number of carboxylic acid groups (broad SMARTS) is 1. The molecule has 0 saturated carbocycles. The number of hydrogen-bond acceptors (Lipinski definition) is 6. The Hall–Kier alpha value is -1.93. The fourth-order valence-corrected chi connectivity index (χ4v) is 2.29. The molecule has 19 heavy (non-hydrogen) atoms. The first-order valence-electron chi connectivity index (χ1n) is 5.48. The van der Waals surface area contributed by atoms with E-state index in [9.17, 15) is 9.59 Å². The molecule has 2 aromatic rings. The summed E-state index contributed by atoms with van der Waals surface area (Å²) in [6.07, 6.45) is 0. The molecule has 0 radical (unpaired) electrons. The lowest BCUT2D eigenvalue weighted by Gasteiger charge is -2.07. The summed E-state index contributed by atoms with van der Waals surface area (Å²) in [5.74, 6) is -0.641. The minimum atomic E-state index is -1.07. The Labute approximate surface area is 112 Å². The van der Waals surface area contributed by atoms with Crippen LogP contribution in [-0.4, -0.2) is 37.9 Å². The molecule has 0 spiro atoms. The molecule has 0 fully saturated rings. The van der Waals surface area contributed by atoms with Crippen LogP contribution in [0.4, 0.5) is 0 Å². The van der Waals surface area contributed by atoms with E-state index in [1.165, 1.54) is 16.4 Å². The van der Waals surface area contributed by atoms with Crippen molar-refractivity contribution in [2.45, 2.75) is 11.9 Å². The van der Waals surface area contributed by atoms with Crippen LogP contribution >= 0.6 is 11.8 Å². The van der Waals surface area contributed by atoms with Crippen molar-refractivity contribution in [2.75, 3.05) is 5.75 Å². The highest BCUT2D eigenvalue weighted by molar-refractivity contribution is 7.98. The van der Waals surface area contributed by atoms with E-state index in [0.29, 0.717) is 10.9 Å². The number of fused-ring (bicyclic) bond motifs is 1. The van der Waals surface area contributed by atoms with Crippen LogP contribution in [0.3, 0.4) is 0 Å². The first-order chi connectivity index (χ1) is 9.09. The van der Waals surface area contributed by atoms with Gasteiger partial charge < -0.3 is 10.8 Å². The van der Waals surface area contributed by atoms with Gasteiger partial charge in [0.2, 0.25) is 0 Å². The van der Waals surface area contributed by atoms with E-state index in [1.54, 1.807) is 24.3 Å². The quantitative estimate of drug-likeness (QED) is 0.786. The third kappa shape index (κ3) is 3.09. The summed E-state index contributed by atoms with van der Waals surface area (Å²) in [6, 6.07) is 5.97. The summed E-state index contributed by atoms with van der Waals surface area (Å²) in [4.78, 5) is 22.6. The summed E-state index contributed by atoms with van der Waals surface area (Å²) in [6.45, 7) is 0. The number of carboxylic acids is 1. The van der Waals surface area contributed by atoms with Crippen molar-refractivity contribution in [3.8, 4) is 0 Å². The third-order valence-electron chi connectivity index (χ3n) is 2.46. The molecule has 0 aliphatic rings. The first kappa shape index (κ1) is 13.5. The largest absolute Gasteiger partial charge is 0.480 e. The van der Waals surface area contributed by atoms with Crippen LogP contribution in [0.1, 0.15) is 0 Å². The lowest BCUT2D eigenvalue weighted by atomic mass is 10.2. The monoisotopic (exact) mass is 280 g/mol. The second kappa shape index (κ2) is 5.81. The van der Waals surface area contributed by atoms with Crippen molar-refractivity contribution in [2.24, 2.45) is 5.73 Å². The summed E-state index contributed by atoms with van der Waals surface area (Å²) in [5.41, 5.74) is 5.66. The maximum atomic E-state index is 12.0. The summed E-state index contributed by atoms with van der Waals surface area (Å²) >= 11 is 1.22. The molecule has 3 N–H and O–H groups in total. The Bertz CT molecular complexity index is 658. The average molecular weight is 280 g/mol. The average Bonchev–Trinajstić information content (AvgIpc) is 2.41. The molecule has 1 aromatic carbocycles. The Kier molecular flexibility index (Phi) is 4.13. The fraction of sp³-hybridized carbons (Fsp3) is 0.273. The minimum Gasteiger partial charge on any atom is -0.480 e. The zero-order chi connectivity index (χ0) is 13.8. The standard InChI is InChI=1S/C11H12N4O3S/c12-8(11(17)18)5-19-6-15-10(16)7-3-1-2-4-9(7)13-14-15/h1-4,8H,5-6,12H2,(H,17,18)/t8-/m1/s1. The van der Waals surface area contributed by atoms with Crippen molar-refractivity contribution in [3.05, 3.63) is 34.6 Å². The van der Waals surface area contributed by atoms with Crippen LogP contribution in [0, 0.1) is 0 Å².